The average molecular weight is 244 g/mol. The Labute approximate surface area is 105 Å². The summed E-state index contributed by atoms with van der Waals surface area (Å²) in [7, 11) is 0. The average Bonchev–Trinajstić information content (AvgIpc) is 2.34. The number of nitrogens with zero attached hydrogens (tertiary/aromatic N) is 1. The Balaban J connectivity index is 2.02. The number of hydrogen-bond donors (Lipinski definition) is 2. The predicted molar refractivity (Wildman–Crippen MR) is 70.3 cm³/mol. The summed E-state index contributed by atoms with van der Waals surface area (Å²) in [6, 6.07) is 0.617. The number of morpholine rings is 1. The van der Waals surface area contributed by atoms with Crippen molar-refractivity contribution in [3.63, 3.8) is 0 Å². The summed E-state index contributed by atoms with van der Waals surface area (Å²) in [6.45, 7) is 9.73. The summed E-state index contributed by atoms with van der Waals surface area (Å²) in [5, 5.41) is 12.1. The minimum absolute atomic E-state index is 0.315. The highest BCUT2D eigenvalue weighted by Gasteiger charge is 2.21. The Morgan fingerprint density at radius 1 is 1.35 bits per heavy atom. The third kappa shape index (κ3) is 6.36. The van der Waals surface area contributed by atoms with Crippen molar-refractivity contribution < 1.29 is 9.84 Å². The van der Waals surface area contributed by atoms with Gasteiger partial charge in [0.2, 0.25) is 0 Å². The molecule has 1 fully saturated rings. The van der Waals surface area contributed by atoms with Crippen LogP contribution in [0.1, 0.15) is 33.1 Å². The summed E-state index contributed by atoms with van der Waals surface area (Å²) in [4.78, 5) is 2.47. The molecule has 1 rings (SSSR count). The third-order valence-electron chi connectivity index (χ3n) is 3.28. The van der Waals surface area contributed by atoms with Gasteiger partial charge in [0.05, 0.1) is 12.7 Å². The van der Waals surface area contributed by atoms with E-state index < -0.39 is 0 Å². The van der Waals surface area contributed by atoms with Crippen LogP contribution >= 0.6 is 0 Å². The van der Waals surface area contributed by atoms with Gasteiger partial charge in [-0.25, -0.2) is 0 Å². The molecule has 1 aliphatic heterocycles. The monoisotopic (exact) mass is 244 g/mol. The van der Waals surface area contributed by atoms with Crippen LogP contribution in [-0.4, -0.2) is 61.5 Å². The molecule has 102 valence electrons. The molecule has 0 spiro atoms. The molecule has 0 amide bonds. The number of aliphatic hydroxyl groups excluding tert-OH is 1. The number of rotatable bonds is 8. The van der Waals surface area contributed by atoms with Gasteiger partial charge in [0.15, 0.2) is 0 Å². The highest BCUT2D eigenvalue weighted by molar-refractivity contribution is 4.75. The van der Waals surface area contributed by atoms with Crippen molar-refractivity contribution >= 4 is 0 Å². The SMILES string of the molecule is CC(C)N1CCOC(CNCCCCCO)C1. The van der Waals surface area contributed by atoms with Gasteiger partial charge in [0.25, 0.3) is 0 Å². The molecule has 1 heterocycles. The van der Waals surface area contributed by atoms with Gasteiger partial charge in [-0.15, -0.1) is 0 Å². The predicted octanol–water partition coefficient (Wildman–Crippen LogP) is 0.848. The topological polar surface area (TPSA) is 44.7 Å². The second-order valence-electron chi connectivity index (χ2n) is 5.07. The van der Waals surface area contributed by atoms with Crippen molar-refractivity contribution in [2.75, 3.05) is 39.4 Å². The fourth-order valence-electron chi connectivity index (χ4n) is 2.14. The molecular weight excluding hydrogens is 216 g/mol. The van der Waals surface area contributed by atoms with Crippen molar-refractivity contribution in [2.24, 2.45) is 0 Å². The first-order chi connectivity index (χ1) is 8.24. The zero-order valence-corrected chi connectivity index (χ0v) is 11.3. The van der Waals surface area contributed by atoms with E-state index in [0.29, 0.717) is 18.8 Å². The molecule has 0 bridgehead atoms. The third-order valence-corrected chi connectivity index (χ3v) is 3.28. The van der Waals surface area contributed by atoms with E-state index in [9.17, 15) is 0 Å². The van der Waals surface area contributed by atoms with Gasteiger partial charge in [0.1, 0.15) is 0 Å². The van der Waals surface area contributed by atoms with Crippen LogP contribution in [0.3, 0.4) is 0 Å². The van der Waals surface area contributed by atoms with Crippen LogP contribution in [0.15, 0.2) is 0 Å². The number of unbranched alkanes of at least 4 members (excludes halogenated alkanes) is 2. The van der Waals surface area contributed by atoms with Crippen LogP contribution in [0.2, 0.25) is 0 Å². The lowest BCUT2D eigenvalue weighted by molar-refractivity contribution is -0.0370. The van der Waals surface area contributed by atoms with Crippen molar-refractivity contribution in [3.8, 4) is 0 Å². The normalized spacial score (nSPS) is 22.2. The van der Waals surface area contributed by atoms with Crippen molar-refractivity contribution in [3.05, 3.63) is 0 Å². The molecule has 0 radical (unpaired) electrons. The minimum atomic E-state index is 0.315. The summed E-state index contributed by atoms with van der Waals surface area (Å²) < 4.78 is 5.74. The lowest BCUT2D eigenvalue weighted by Gasteiger charge is -2.35. The van der Waals surface area contributed by atoms with Crippen molar-refractivity contribution in [1.29, 1.82) is 0 Å². The second kappa shape index (κ2) is 8.86. The molecule has 0 aromatic carbocycles. The molecule has 17 heavy (non-hydrogen) atoms. The van der Waals surface area contributed by atoms with Gasteiger partial charge in [-0.2, -0.15) is 0 Å². The summed E-state index contributed by atoms with van der Waals surface area (Å²) in [6.07, 6.45) is 3.50. The number of aliphatic hydroxyl groups is 1. The fourth-order valence-corrected chi connectivity index (χ4v) is 2.14. The first kappa shape index (κ1) is 14.9. The van der Waals surface area contributed by atoms with Crippen molar-refractivity contribution in [2.45, 2.75) is 45.3 Å². The van der Waals surface area contributed by atoms with E-state index in [-0.39, 0.29) is 0 Å². The van der Waals surface area contributed by atoms with Crippen LogP contribution < -0.4 is 5.32 Å². The molecule has 1 aliphatic rings. The van der Waals surface area contributed by atoms with Gasteiger partial charge in [-0.05, 0) is 39.7 Å². The molecule has 0 aromatic rings. The lowest BCUT2D eigenvalue weighted by atomic mass is 10.2. The van der Waals surface area contributed by atoms with E-state index in [1.165, 1.54) is 0 Å². The van der Waals surface area contributed by atoms with Crippen molar-refractivity contribution in [1.82, 2.24) is 10.2 Å². The standard InChI is InChI=1S/C13H28N2O2/c1-12(2)15-7-9-17-13(11-15)10-14-6-4-3-5-8-16/h12-14,16H,3-11H2,1-2H3. The van der Waals surface area contributed by atoms with Crippen LogP contribution in [0.5, 0.6) is 0 Å². The Kier molecular flexibility index (Phi) is 7.77. The quantitative estimate of drug-likeness (QED) is 0.621. The maximum absolute atomic E-state index is 8.66. The molecule has 2 N–H and O–H groups in total. The summed E-state index contributed by atoms with van der Waals surface area (Å²) in [5.41, 5.74) is 0. The smallest absolute Gasteiger partial charge is 0.0826 e. The molecule has 0 saturated carbocycles. The van der Waals surface area contributed by atoms with E-state index in [1.54, 1.807) is 0 Å². The van der Waals surface area contributed by atoms with E-state index >= 15 is 0 Å². The number of nitrogens with one attached hydrogen (secondary N) is 1. The van der Waals surface area contributed by atoms with Crippen LogP contribution in [0, 0.1) is 0 Å². The zero-order chi connectivity index (χ0) is 12.5. The number of ether oxygens (including phenoxy) is 1. The Morgan fingerprint density at radius 2 is 2.18 bits per heavy atom. The van der Waals surface area contributed by atoms with Crippen LogP contribution in [-0.2, 0) is 4.74 Å². The molecule has 0 aromatic heterocycles. The molecule has 4 heteroatoms. The first-order valence-electron chi connectivity index (χ1n) is 6.91. The van der Waals surface area contributed by atoms with Gasteiger partial charge >= 0.3 is 0 Å². The maximum atomic E-state index is 8.66. The fraction of sp³-hybridized carbons (Fsp3) is 1.00. The second-order valence-corrected chi connectivity index (χ2v) is 5.07. The minimum Gasteiger partial charge on any atom is -0.396 e. The molecule has 4 nitrogen and oxygen atoms in total. The van der Waals surface area contributed by atoms with E-state index in [2.05, 4.69) is 24.1 Å². The van der Waals surface area contributed by atoms with E-state index in [0.717, 1.165) is 52.0 Å². The lowest BCUT2D eigenvalue weighted by Crippen LogP contribution is -2.49. The number of hydrogen-bond acceptors (Lipinski definition) is 4. The highest BCUT2D eigenvalue weighted by Crippen LogP contribution is 2.07. The van der Waals surface area contributed by atoms with E-state index in [4.69, 9.17) is 9.84 Å². The summed E-state index contributed by atoms with van der Waals surface area (Å²) >= 11 is 0. The molecular formula is C13H28N2O2. The highest BCUT2D eigenvalue weighted by atomic mass is 16.5. The Bertz CT molecular complexity index is 188. The molecule has 1 unspecified atom stereocenters. The zero-order valence-electron chi connectivity index (χ0n) is 11.3. The summed E-state index contributed by atoms with van der Waals surface area (Å²) in [5.74, 6) is 0. The van der Waals surface area contributed by atoms with Crippen LogP contribution in [0.4, 0.5) is 0 Å². The first-order valence-corrected chi connectivity index (χ1v) is 6.91. The van der Waals surface area contributed by atoms with Crippen LogP contribution in [0.25, 0.3) is 0 Å². The Hall–Kier alpha value is -0.160. The maximum Gasteiger partial charge on any atom is 0.0826 e. The van der Waals surface area contributed by atoms with E-state index in [1.807, 2.05) is 0 Å². The van der Waals surface area contributed by atoms with Gasteiger partial charge < -0.3 is 15.2 Å². The molecule has 1 saturated heterocycles. The van der Waals surface area contributed by atoms with Gasteiger partial charge in [-0.1, -0.05) is 0 Å². The Morgan fingerprint density at radius 3 is 2.88 bits per heavy atom. The molecule has 0 aliphatic carbocycles. The molecule has 1 atom stereocenters. The van der Waals surface area contributed by atoms with Gasteiger partial charge in [-0.3, -0.25) is 4.90 Å². The largest absolute Gasteiger partial charge is 0.396 e. The van der Waals surface area contributed by atoms with Gasteiger partial charge in [0, 0.05) is 32.3 Å².